The van der Waals surface area contributed by atoms with Crippen molar-refractivity contribution in [3.8, 4) is 0 Å². The lowest BCUT2D eigenvalue weighted by Crippen LogP contribution is -2.00. The fourth-order valence-electron chi connectivity index (χ4n) is 0.628. The van der Waals surface area contributed by atoms with Crippen LogP contribution in [0.15, 0.2) is 17.6 Å². The summed E-state index contributed by atoms with van der Waals surface area (Å²) in [5.74, 6) is -0.991. The van der Waals surface area contributed by atoms with Crippen molar-refractivity contribution in [1.29, 1.82) is 0 Å². The van der Waals surface area contributed by atoms with Gasteiger partial charge in [0.05, 0.1) is 0 Å². The second-order valence-electron chi connectivity index (χ2n) is 1.75. The van der Waals surface area contributed by atoms with Crippen LogP contribution in [0.25, 0.3) is 0 Å². The first-order chi connectivity index (χ1) is 5.25. The Kier molecular flexibility index (Phi) is 2.43. The second kappa shape index (κ2) is 3.34. The highest BCUT2D eigenvalue weighted by atomic mass is 32.2. The molecule has 0 atom stereocenters. The molecule has 1 rings (SSSR count). The minimum atomic E-state index is -0.991. The molecule has 1 N–H and O–H groups in total. The van der Waals surface area contributed by atoms with Crippen LogP contribution < -0.4 is 0 Å². The number of carboxylic acids is 1. The smallest absolute Gasteiger partial charge is 0.340 e. The summed E-state index contributed by atoms with van der Waals surface area (Å²) in [6.45, 7) is 0. The standard InChI is InChI=1S/C6H6N2O2S/c1-11-5-4(6(9)10)2-7-3-8-5/h2-3H,1H3,(H,9,10). The van der Waals surface area contributed by atoms with Crippen molar-refractivity contribution in [2.45, 2.75) is 5.03 Å². The summed E-state index contributed by atoms with van der Waals surface area (Å²) >= 11 is 1.29. The topological polar surface area (TPSA) is 63.1 Å². The van der Waals surface area contributed by atoms with Crippen LogP contribution in [-0.2, 0) is 0 Å². The summed E-state index contributed by atoms with van der Waals surface area (Å²) in [7, 11) is 0. The van der Waals surface area contributed by atoms with E-state index < -0.39 is 5.97 Å². The van der Waals surface area contributed by atoms with Gasteiger partial charge in [0.15, 0.2) is 0 Å². The zero-order chi connectivity index (χ0) is 8.27. The fraction of sp³-hybridized carbons (Fsp3) is 0.167. The van der Waals surface area contributed by atoms with E-state index in [1.165, 1.54) is 24.3 Å². The van der Waals surface area contributed by atoms with E-state index >= 15 is 0 Å². The lowest BCUT2D eigenvalue weighted by molar-refractivity contribution is 0.0691. The molecule has 1 aromatic rings. The minimum absolute atomic E-state index is 0.153. The number of carboxylic acid groups (broad SMARTS) is 1. The second-order valence-corrected chi connectivity index (χ2v) is 2.55. The van der Waals surface area contributed by atoms with Crippen LogP contribution in [0.2, 0.25) is 0 Å². The van der Waals surface area contributed by atoms with Crippen LogP contribution in [0.4, 0.5) is 0 Å². The van der Waals surface area contributed by atoms with Crippen molar-refractivity contribution in [3.05, 3.63) is 18.1 Å². The molecule has 0 spiro atoms. The van der Waals surface area contributed by atoms with Crippen molar-refractivity contribution in [1.82, 2.24) is 9.97 Å². The van der Waals surface area contributed by atoms with Gasteiger partial charge in [0.2, 0.25) is 0 Å². The number of hydrogen-bond acceptors (Lipinski definition) is 4. The molecule has 0 aliphatic carbocycles. The zero-order valence-electron chi connectivity index (χ0n) is 5.81. The molecule has 0 aromatic carbocycles. The predicted octanol–water partition coefficient (Wildman–Crippen LogP) is 0.897. The van der Waals surface area contributed by atoms with Gasteiger partial charge in [-0.15, -0.1) is 11.8 Å². The van der Waals surface area contributed by atoms with Crippen LogP contribution in [0.1, 0.15) is 10.4 Å². The zero-order valence-corrected chi connectivity index (χ0v) is 6.63. The monoisotopic (exact) mass is 170 g/mol. The molecule has 0 fully saturated rings. The van der Waals surface area contributed by atoms with Crippen molar-refractivity contribution in [3.63, 3.8) is 0 Å². The first-order valence-electron chi connectivity index (χ1n) is 2.83. The molecule has 1 aromatic heterocycles. The van der Waals surface area contributed by atoms with Gasteiger partial charge in [0.25, 0.3) is 0 Å². The van der Waals surface area contributed by atoms with Crippen molar-refractivity contribution < 1.29 is 9.90 Å². The first-order valence-corrected chi connectivity index (χ1v) is 4.05. The van der Waals surface area contributed by atoms with Crippen LogP contribution in [0, 0.1) is 0 Å². The SMILES string of the molecule is CSc1ncncc1C(=O)O. The van der Waals surface area contributed by atoms with Gasteiger partial charge in [-0.1, -0.05) is 0 Å². The molecular formula is C6H6N2O2S. The number of rotatable bonds is 2. The molecule has 0 radical (unpaired) electrons. The maximum Gasteiger partial charge on any atom is 0.340 e. The quantitative estimate of drug-likeness (QED) is 0.527. The molecule has 1 heterocycles. The van der Waals surface area contributed by atoms with Gasteiger partial charge in [-0.3, -0.25) is 0 Å². The lowest BCUT2D eigenvalue weighted by atomic mass is 10.3. The van der Waals surface area contributed by atoms with Gasteiger partial charge in [-0.05, 0) is 6.26 Å². The van der Waals surface area contributed by atoms with E-state index in [2.05, 4.69) is 9.97 Å². The van der Waals surface area contributed by atoms with Crippen LogP contribution in [0.3, 0.4) is 0 Å². The minimum Gasteiger partial charge on any atom is -0.478 e. The van der Waals surface area contributed by atoms with Gasteiger partial charge in [0, 0.05) is 6.20 Å². The first kappa shape index (κ1) is 8.00. The Hall–Kier alpha value is -1.10. The molecule has 58 valence electrons. The fourth-order valence-corrected chi connectivity index (χ4v) is 1.14. The summed E-state index contributed by atoms with van der Waals surface area (Å²) < 4.78 is 0. The van der Waals surface area contributed by atoms with Gasteiger partial charge < -0.3 is 5.11 Å². The third-order valence-corrected chi connectivity index (χ3v) is 1.81. The van der Waals surface area contributed by atoms with Crippen LogP contribution in [0.5, 0.6) is 0 Å². The maximum atomic E-state index is 10.5. The molecule has 0 saturated carbocycles. The highest BCUT2D eigenvalue weighted by Gasteiger charge is 2.09. The average molecular weight is 170 g/mol. The summed E-state index contributed by atoms with van der Waals surface area (Å²) in [5.41, 5.74) is 0.153. The normalized spacial score (nSPS) is 9.55. The van der Waals surface area contributed by atoms with Crippen LogP contribution >= 0.6 is 11.8 Å². The molecule has 0 unspecified atom stereocenters. The Morgan fingerprint density at radius 2 is 2.45 bits per heavy atom. The number of nitrogens with zero attached hydrogens (tertiary/aromatic N) is 2. The van der Waals surface area contributed by atoms with Crippen molar-refractivity contribution in [2.24, 2.45) is 0 Å². The van der Waals surface area contributed by atoms with E-state index in [9.17, 15) is 4.79 Å². The molecular weight excluding hydrogens is 164 g/mol. The third-order valence-electron chi connectivity index (χ3n) is 1.10. The molecule has 0 amide bonds. The van der Waals surface area contributed by atoms with E-state index in [1.54, 1.807) is 6.26 Å². The summed E-state index contributed by atoms with van der Waals surface area (Å²) in [4.78, 5) is 17.9. The largest absolute Gasteiger partial charge is 0.478 e. The number of aromatic nitrogens is 2. The van der Waals surface area contributed by atoms with E-state index in [-0.39, 0.29) is 5.56 Å². The number of carbonyl (C=O) groups is 1. The summed E-state index contributed by atoms with van der Waals surface area (Å²) in [6, 6.07) is 0. The van der Waals surface area contributed by atoms with Crippen molar-refractivity contribution >= 4 is 17.7 Å². The van der Waals surface area contributed by atoms with E-state index in [0.29, 0.717) is 5.03 Å². The van der Waals surface area contributed by atoms with Gasteiger partial charge >= 0.3 is 5.97 Å². The Bertz CT molecular complexity index is 277. The molecule has 0 bridgehead atoms. The number of aromatic carboxylic acids is 1. The lowest BCUT2D eigenvalue weighted by Gasteiger charge is -1.97. The summed E-state index contributed by atoms with van der Waals surface area (Å²) in [5, 5.41) is 9.10. The predicted molar refractivity (Wildman–Crippen MR) is 40.8 cm³/mol. The van der Waals surface area contributed by atoms with E-state index in [4.69, 9.17) is 5.11 Å². The van der Waals surface area contributed by atoms with Crippen LogP contribution in [-0.4, -0.2) is 27.3 Å². The molecule has 0 saturated heterocycles. The Morgan fingerprint density at radius 1 is 1.73 bits per heavy atom. The molecule has 5 heteroatoms. The Balaban J connectivity index is 3.12. The summed E-state index contributed by atoms with van der Waals surface area (Å²) in [6.07, 6.45) is 4.40. The van der Waals surface area contributed by atoms with E-state index in [1.807, 2.05) is 0 Å². The number of thioether (sulfide) groups is 1. The third kappa shape index (κ3) is 1.68. The van der Waals surface area contributed by atoms with Gasteiger partial charge in [0.1, 0.15) is 16.9 Å². The highest BCUT2D eigenvalue weighted by Crippen LogP contribution is 2.14. The average Bonchev–Trinajstić information content (AvgIpc) is 2.04. The van der Waals surface area contributed by atoms with E-state index in [0.717, 1.165) is 0 Å². The molecule has 11 heavy (non-hydrogen) atoms. The Labute approximate surface area is 67.7 Å². The number of hydrogen-bond donors (Lipinski definition) is 1. The molecule has 0 aliphatic heterocycles. The van der Waals surface area contributed by atoms with Crippen molar-refractivity contribution in [2.75, 3.05) is 6.26 Å². The van der Waals surface area contributed by atoms with Gasteiger partial charge in [-0.2, -0.15) is 0 Å². The maximum absolute atomic E-state index is 10.5. The highest BCUT2D eigenvalue weighted by molar-refractivity contribution is 7.98. The van der Waals surface area contributed by atoms with Gasteiger partial charge in [-0.25, -0.2) is 14.8 Å². The Morgan fingerprint density at radius 3 is 2.91 bits per heavy atom. The molecule has 4 nitrogen and oxygen atoms in total. The molecule has 0 aliphatic rings.